The van der Waals surface area contributed by atoms with E-state index in [4.69, 9.17) is 9.98 Å². The molecule has 4 heteroatoms. The predicted molar refractivity (Wildman–Crippen MR) is 132 cm³/mol. The van der Waals surface area contributed by atoms with Gasteiger partial charge in [-0.15, -0.1) is 0 Å². The van der Waals surface area contributed by atoms with Crippen LogP contribution in [0.25, 0.3) is 0 Å². The zero-order chi connectivity index (χ0) is 22.4. The van der Waals surface area contributed by atoms with Crippen LogP contribution in [0.2, 0.25) is 0 Å². The number of rotatable bonds is 7. The Morgan fingerprint density at radius 3 is 2.74 bits per heavy atom. The predicted octanol–water partition coefficient (Wildman–Crippen LogP) is 6.02. The molecule has 1 aromatic rings. The van der Waals surface area contributed by atoms with Crippen molar-refractivity contribution in [1.82, 2.24) is 5.32 Å². The van der Waals surface area contributed by atoms with Gasteiger partial charge in [0.2, 0.25) is 0 Å². The summed E-state index contributed by atoms with van der Waals surface area (Å²) in [6.07, 6.45) is 11.5. The molecule has 3 unspecified atom stereocenters. The van der Waals surface area contributed by atoms with Gasteiger partial charge in [-0.3, -0.25) is 9.98 Å². The van der Waals surface area contributed by atoms with Gasteiger partial charge in [0.1, 0.15) is 0 Å². The van der Waals surface area contributed by atoms with Gasteiger partial charge >= 0.3 is 0 Å². The molecule has 0 saturated carbocycles. The first-order chi connectivity index (χ1) is 14.9. The van der Waals surface area contributed by atoms with Crippen LogP contribution in [-0.4, -0.2) is 29.1 Å². The molecule has 0 aliphatic carbocycles. The van der Waals surface area contributed by atoms with Crippen molar-refractivity contribution in [2.75, 3.05) is 6.54 Å². The number of nitrogens with zero attached hydrogens (tertiary/aromatic N) is 2. The van der Waals surface area contributed by atoms with Crippen LogP contribution in [0.4, 0.5) is 0 Å². The summed E-state index contributed by atoms with van der Waals surface area (Å²) in [4.78, 5) is 9.90. The summed E-state index contributed by atoms with van der Waals surface area (Å²) in [6.45, 7) is 18.6. The quantitative estimate of drug-likeness (QED) is 0.422. The van der Waals surface area contributed by atoms with E-state index in [2.05, 4.69) is 68.9 Å². The molecule has 3 rings (SSSR count). The molecular formula is C27H33N3O. The Balaban J connectivity index is 2.11. The van der Waals surface area contributed by atoms with Crippen LogP contribution >= 0.6 is 0 Å². The van der Waals surface area contributed by atoms with Crippen molar-refractivity contribution in [3.05, 3.63) is 97.6 Å². The van der Waals surface area contributed by atoms with Gasteiger partial charge in [0.25, 0.3) is 0 Å². The van der Waals surface area contributed by atoms with Crippen molar-refractivity contribution >= 4 is 11.4 Å². The highest BCUT2D eigenvalue weighted by Gasteiger charge is 2.37. The van der Waals surface area contributed by atoms with Crippen LogP contribution in [0.15, 0.2) is 96.5 Å². The molecule has 0 radical (unpaired) electrons. The van der Waals surface area contributed by atoms with Crippen LogP contribution in [0, 0.1) is 5.41 Å². The fourth-order valence-corrected chi connectivity index (χ4v) is 4.61. The SMILES string of the molecule is C=CC1=NC(=C)C2N=C(C=C)c3ccccc3C2CCC(/C=C\CC)(CNC(=C)O)C1. The lowest BCUT2D eigenvalue weighted by Gasteiger charge is -2.35. The molecule has 0 fully saturated rings. The van der Waals surface area contributed by atoms with Crippen LogP contribution < -0.4 is 5.32 Å². The molecule has 4 nitrogen and oxygen atoms in total. The highest BCUT2D eigenvalue weighted by Crippen LogP contribution is 2.43. The van der Waals surface area contributed by atoms with Gasteiger partial charge in [-0.05, 0) is 43.6 Å². The number of fused-ring (bicyclic) bond motifs is 3. The third-order valence-corrected chi connectivity index (χ3v) is 6.19. The maximum atomic E-state index is 9.72. The molecule has 162 valence electrons. The number of hydrogen-bond donors (Lipinski definition) is 2. The number of nitrogens with one attached hydrogen (secondary N) is 1. The van der Waals surface area contributed by atoms with Gasteiger partial charge in [0.05, 0.1) is 17.5 Å². The number of aliphatic imine (C=N–C) groups is 2. The maximum absolute atomic E-state index is 9.72. The second kappa shape index (κ2) is 9.78. The topological polar surface area (TPSA) is 57.0 Å². The fraction of sp³-hybridized carbons (Fsp3) is 0.333. The van der Waals surface area contributed by atoms with Gasteiger partial charge in [-0.25, -0.2) is 0 Å². The van der Waals surface area contributed by atoms with Gasteiger partial charge in [0.15, 0.2) is 5.88 Å². The zero-order valence-corrected chi connectivity index (χ0v) is 18.5. The van der Waals surface area contributed by atoms with E-state index >= 15 is 0 Å². The van der Waals surface area contributed by atoms with Gasteiger partial charge in [-0.2, -0.15) is 0 Å². The van der Waals surface area contributed by atoms with E-state index < -0.39 is 0 Å². The summed E-state index contributed by atoms with van der Waals surface area (Å²) in [5.74, 6) is 0.152. The number of benzene rings is 1. The molecule has 0 aromatic heterocycles. The lowest BCUT2D eigenvalue weighted by atomic mass is 9.73. The third-order valence-electron chi connectivity index (χ3n) is 6.19. The lowest BCUT2D eigenvalue weighted by Crippen LogP contribution is -2.35. The molecule has 2 aliphatic heterocycles. The number of allylic oxidation sites excluding steroid dienone is 3. The van der Waals surface area contributed by atoms with Crippen LogP contribution in [0.3, 0.4) is 0 Å². The number of hydrogen-bond acceptors (Lipinski definition) is 4. The van der Waals surface area contributed by atoms with Crippen LogP contribution in [0.5, 0.6) is 0 Å². The molecule has 0 spiro atoms. The zero-order valence-electron chi connectivity index (χ0n) is 18.5. The van der Waals surface area contributed by atoms with E-state index in [1.54, 1.807) is 0 Å². The van der Waals surface area contributed by atoms with E-state index in [1.807, 2.05) is 18.2 Å². The molecule has 1 aromatic carbocycles. The monoisotopic (exact) mass is 415 g/mol. The molecule has 31 heavy (non-hydrogen) atoms. The highest BCUT2D eigenvalue weighted by molar-refractivity contribution is 6.10. The second-order valence-electron chi connectivity index (χ2n) is 8.34. The van der Waals surface area contributed by atoms with E-state index in [9.17, 15) is 5.11 Å². The van der Waals surface area contributed by atoms with Crippen molar-refractivity contribution < 1.29 is 5.11 Å². The fourth-order valence-electron chi connectivity index (χ4n) is 4.61. The molecule has 2 aliphatic rings. The van der Waals surface area contributed by atoms with E-state index in [-0.39, 0.29) is 23.3 Å². The van der Waals surface area contributed by atoms with Gasteiger partial charge < -0.3 is 10.4 Å². The molecule has 0 amide bonds. The van der Waals surface area contributed by atoms with Crippen molar-refractivity contribution in [2.45, 2.75) is 44.6 Å². The van der Waals surface area contributed by atoms with E-state index in [1.165, 1.54) is 5.56 Å². The smallest absolute Gasteiger partial charge is 0.176 e. The highest BCUT2D eigenvalue weighted by atomic mass is 16.3. The number of aliphatic hydroxyl groups excluding tert-OH is 1. The van der Waals surface area contributed by atoms with Gasteiger partial charge in [-0.1, -0.05) is 63.1 Å². The summed E-state index contributed by atoms with van der Waals surface area (Å²) in [6, 6.07) is 8.29. The largest absolute Gasteiger partial charge is 0.495 e. The normalized spacial score (nSPS) is 25.8. The van der Waals surface area contributed by atoms with Gasteiger partial charge in [0, 0.05) is 35.6 Å². The second-order valence-corrected chi connectivity index (χ2v) is 8.34. The summed E-state index contributed by atoms with van der Waals surface area (Å²) in [7, 11) is 0. The average molecular weight is 416 g/mol. The molecular weight excluding hydrogens is 382 g/mol. The number of aliphatic hydroxyl groups is 1. The minimum Gasteiger partial charge on any atom is -0.495 e. The average Bonchev–Trinajstić information content (AvgIpc) is 2.83. The summed E-state index contributed by atoms with van der Waals surface area (Å²) < 4.78 is 0. The van der Waals surface area contributed by atoms with E-state index in [0.29, 0.717) is 13.0 Å². The third kappa shape index (κ3) is 4.96. The summed E-state index contributed by atoms with van der Waals surface area (Å²) in [5.41, 5.74) is 4.69. The Morgan fingerprint density at radius 2 is 2.06 bits per heavy atom. The Bertz CT molecular complexity index is 968. The Hall–Kier alpha value is -3.14. The maximum Gasteiger partial charge on any atom is 0.176 e. The van der Waals surface area contributed by atoms with Crippen LogP contribution in [0.1, 0.15) is 49.7 Å². The van der Waals surface area contributed by atoms with Crippen molar-refractivity contribution in [3.8, 4) is 0 Å². The molecule has 2 heterocycles. The minimum atomic E-state index is -0.235. The molecule has 0 bridgehead atoms. The summed E-state index contributed by atoms with van der Waals surface area (Å²) >= 11 is 0. The first kappa shape index (κ1) is 22.5. The van der Waals surface area contributed by atoms with Crippen molar-refractivity contribution in [3.63, 3.8) is 0 Å². The summed E-state index contributed by atoms with van der Waals surface area (Å²) in [5, 5.41) is 12.8. The Labute approximate surface area is 186 Å². The Kier molecular flexibility index (Phi) is 7.11. The molecule has 0 saturated heterocycles. The first-order valence-electron chi connectivity index (χ1n) is 10.9. The molecule has 3 atom stereocenters. The lowest BCUT2D eigenvalue weighted by molar-refractivity contribution is 0.288. The first-order valence-corrected chi connectivity index (χ1v) is 10.9. The van der Waals surface area contributed by atoms with Crippen molar-refractivity contribution in [2.24, 2.45) is 15.4 Å². The Morgan fingerprint density at radius 1 is 1.29 bits per heavy atom. The van der Waals surface area contributed by atoms with Crippen LogP contribution in [-0.2, 0) is 0 Å². The van der Waals surface area contributed by atoms with E-state index in [0.717, 1.165) is 41.9 Å². The van der Waals surface area contributed by atoms with Crippen molar-refractivity contribution in [1.29, 1.82) is 0 Å². The molecule has 2 N–H and O–H groups in total. The standard InChI is InChI=1S/C27H33N3O/c1-6-9-15-27(18-28-20(5)31)16-14-24-22-12-10-11-13-23(22)25(8-3)30-26(24)19(4)29-21(7-2)17-27/h7-13,15,24,26,28,31H,2-6,14,16-18H2,1H3/b15-9-,29-21?. The minimum absolute atomic E-state index is 0.0215.